The molecule has 0 unspecified atom stereocenters. The lowest BCUT2D eigenvalue weighted by Crippen LogP contribution is -2.30. The molecule has 1 aromatic carbocycles. The average molecular weight is 244 g/mol. The first-order valence-electron chi connectivity index (χ1n) is 3.24. The Morgan fingerprint density at radius 2 is 1.83 bits per heavy atom. The monoisotopic (exact) mass is 242 g/mol. The molecule has 0 atom stereocenters. The molecule has 0 aliphatic rings. The van der Waals surface area contributed by atoms with Gasteiger partial charge in [0.25, 0.3) is 0 Å². The molecule has 12 heavy (non-hydrogen) atoms. The summed E-state index contributed by atoms with van der Waals surface area (Å²) in [7, 11) is 0. The van der Waals surface area contributed by atoms with Crippen LogP contribution in [0.2, 0.25) is 0 Å². The van der Waals surface area contributed by atoms with Crippen molar-refractivity contribution in [2.45, 2.75) is 6.92 Å². The summed E-state index contributed by atoms with van der Waals surface area (Å²) in [6.45, 7) is 1.67. The van der Waals surface area contributed by atoms with E-state index in [1.807, 2.05) is 0 Å². The Hall–Kier alpha value is 0.237. The second-order valence-electron chi connectivity index (χ2n) is 2.46. The van der Waals surface area contributed by atoms with Crippen LogP contribution in [-0.4, -0.2) is 6.00 Å². The van der Waals surface area contributed by atoms with Gasteiger partial charge in [0.15, 0.2) is 0 Å². The van der Waals surface area contributed by atoms with E-state index in [0.717, 1.165) is 0 Å². The van der Waals surface area contributed by atoms with Gasteiger partial charge in [-0.15, -0.1) is 33.2 Å². The highest BCUT2D eigenvalue weighted by molar-refractivity contribution is 7.69. The lowest BCUT2D eigenvalue weighted by atomic mass is 10.2. The van der Waals surface area contributed by atoms with Gasteiger partial charge in [0.2, 0.25) is 0 Å². The second kappa shape index (κ2) is 3.54. The van der Waals surface area contributed by atoms with Gasteiger partial charge in [-0.05, 0) is 23.7 Å². The molecular formula is C7H6Cl3FSi. The number of hydrogen-bond acceptors (Lipinski definition) is 0. The van der Waals surface area contributed by atoms with Gasteiger partial charge < -0.3 is 0 Å². The Bertz CT molecular complexity index is 295. The van der Waals surface area contributed by atoms with E-state index in [0.29, 0.717) is 10.8 Å². The highest BCUT2D eigenvalue weighted by Gasteiger charge is 2.28. The molecule has 0 spiro atoms. The molecule has 0 aromatic heterocycles. The van der Waals surface area contributed by atoms with Gasteiger partial charge in [-0.25, -0.2) is 4.39 Å². The summed E-state index contributed by atoms with van der Waals surface area (Å²) in [4.78, 5) is 0. The Kier molecular flexibility index (Phi) is 3.04. The molecule has 1 aromatic rings. The minimum absolute atomic E-state index is 0.327. The van der Waals surface area contributed by atoms with Gasteiger partial charge in [0, 0.05) is 0 Å². The predicted molar refractivity (Wildman–Crippen MR) is 54.1 cm³/mol. The summed E-state index contributed by atoms with van der Waals surface area (Å²) in [6, 6.07) is 1.64. The molecular weight excluding hydrogens is 238 g/mol. The lowest BCUT2D eigenvalue weighted by molar-refractivity contribution is 0.619. The van der Waals surface area contributed by atoms with Crippen molar-refractivity contribution < 1.29 is 4.39 Å². The van der Waals surface area contributed by atoms with Gasteiger partial charge in [0.05, 0.1) is 0 Å². The van der Waals surface area contributed by atoms with E-state index in [9.17, 15) is 4.39 Å². The average Bonchev–Trinajstić information content (AvgIpc) is 1.92. The molecule has 1 rings (SSSR count). The van der Waals surface area contributed by atoms with Crippen molar-refractivity contribution in [1.29, 1.82) is 0 Å². The molecule has 0 bridgehead atoms. The SMILES string of the molecule is Cc1ccc([Si](Cl)(Cl)Cl)cc1F. The highest BCUT2D eigenvalue weighted by atomic mass is 35.8. The van der Waals surface area contributed by atoms with Gasteiger partial charge in [-0.2, -0.15) is 0 Å². The van der Waals surface area contributed by atoms with Crippen molar-refractivity contribution in [1.82, 2.24) is 0 Å². The molecule has 0 N–H and O–H groups in total. The zero-order valence-electron chi connectivity index (χ0n) is 6.24. The molecule has 0 saturated heterocycles. The van der Waals surface area contributed by atoms with Crippen LogP contribution in [0.4, 0.5) is 4.39 Å². The Balaban J connectivity index is 3.14. The predicted octanol–water partition coefficient (Wildman–Crippen LogP) is 3.00. The fraction of sp³-hybridized carbons (Fsp3) is 0.143. The summed E-state index contributed by atoms with van der Waals surface area (Å²) >= 11 is 17.1. The van der Waals surface area contributed by atoms with Crippen LogP contribution in [0.1, 0.15) is 5.56 Å². The van der Waals surface area contributed by atoms with E-state index >= 15 is 0 Å². The number of aryl methyl sites for hydroxylation is 1. The van der Waals surface area contributed by atoms with Crippen molar-refractivity contribution in [2.75, 3.05) is 0 Å². The Morgan fingerprint density at radius 1 is 1.25 bits per heavy atom. The maximum atomic E-state index is 13.0. The van der Waals surface area contributed by atoms with Gasteiger partial charge >= 0.3 is 6.00 Å². The third-order valence-electron chi connectivity index (χ3n) is 1.50. The molecule has 0 aliphatic carbocycles. The second-order valence-corrected chi connectivity index (χ2v) is 10.9. The molecule has 0 saturated carbocycles. The van der Waals surface area contributed by atoms with E-state index in [-0.39, 0.29) is 5.82 Å². The fourth-order valence-corrected chi connectivity index (χ4v) is 2.39. The number of halogens is 4. The minimum Gasteiger partial charge on any atom is -0.207 e. The van der Waals surface area contributed by atoms with Crippen LogP contribution >= 0.6 is 33.2 Å². The maximum Gasteiger partial charge on any atom is 0.373 e. The van der Waals surface area contributed by atoms with Gasteiger partial charge in [-0.1, -0.05) is 12.1 Å². The standard InChI is InChI=1S/C7H6Cl3FSi/c1-5-2-3-6(4-7(5)11)12(8,9)10/h2-4H,1H3. The van der Waals surface area contributed by atoms with Gasteiger partial charge in [0.1, 0.15) is 5.82 Å². The minimum atomic E-state index is -2.91. The quantitative estimate of drug-likeness (QED) is 0.525. The van der Waals surface area contributed by atoms with Crippen LogP contribution in [0.5, 0.6) is 0 Å². The summed E-state index contributed by atoms with van der Waals surface area (Å²) < 4.78 is 13.0. The fourth-order valence-electron chi connectivity index (χ4n) is 0.769. The molecule has 66 valence electrons. The topological polar surface area (TPSA) is 0 Å². The van der Waals surface area contributed by atoms with E-state index in [1.165, 1.54) is 6.07 Å². The Morgan fingerprint density at radius 3 is 2.25 bits per heavy atom. The Labute approximate surface area is 85.4 Å². The first kappa shape index (κ1) is 10.3. The molecule has 0 nitrogen and oxygen atoms in total. The molecule has 5 heteroatoms. The van der Waals surface area contributed by atoms with Crippen LogP contribution < -0.4 is 5.19 Å². The molecule has 0 fully saturated rings. The highest BCUT2D eigenvalue weighted by Crippen LogP contribution is 2.20. The third kappa shape index (κ3) is 2.36. The zero-order valence-corrected chi connectivity index (χ0v) is 9.51. The van der Waals surface area contributed by atoms with Crippen molar-refractivity contribution in [3.05, 3.63) is 29.6 Å². The zero-order chi connectivity index (χ0) is 9.35. The van der Waals surface area contributed by atoms with Crippen molar-refractivity contribution in [3.63, 3.8) is 0 Å². The maximum absolute atomic E-state index is 13.0. The summed E-state index contributed by atoms with van der Waals surface area (Å²) in [6.07, 6.45) is 0. The first-order valence-corrected chi connectivity index (χ1v) is 8.28. The van der Waals surface area contributed by atoms with Crippen LogP contribution in [0.15, 0.2) is 18.2 Å². The van der Waals surface area contributed by atoms with Crippen molar-refractivity contribution in [2.24, 2.45) is 0 Å². The van der Waals surface area contributed by atoms with Gasteiger partial charge in [-0.3, -0.25) is 0 Å². The smallest absolute Gasteiger partial charge is 0.207 e. The van der Waals surface area contributed by atoms with E-state index < -0.39 is 6.00 Å². The largest absolute Gasteiger partial charge is 0.373 e. The lowest BCUT2D eigenvalue weighted by Gasteiger charge is -2.08. The number of hydrogen-bond donors (Lipinski definition) is 0. The van der Waals surface area contributed by atoms with E-state index in [4.69, 9.17) is 33.2 Å². The van der Waals surface area contributed by atoms with Crippen LogP contribution in [-0.2, 0) is 0 Å². The first-order chi connectivity index (χ1) is 5.41. The number of benzene rings is 1. The van der Waals surface area contributed by atoms with Crippen LogP contribution in [0.25, 0.3) is 0 Å². The molecule has 0 aliphatic heterocycles. The molecule has 0 radical (unpaired) electrons. The summed E-state index contributed by atoms with van der Waals surface area (Å²) in [5.41, 5.74) is 0.557. The normalized spacial score (nSPS) is 11.8. The van der Waals surface area contributed by atoms with Crippen molar-refractivity contribution in [3.8, 4) is 0 Å². The summed E-state index contributed by atoms with van der Waals surface area (Å²) in [5, 5.41) is 0.482. The van der Waals surface area contributed by atoms with Crippen LogP contribution in [0.3, 0.4) is 0 Å². The van der Waals surface area contributed by atoms with Crippen molar-refractivity contribution >= 4 is 44.4 Å². The third-order valence-corrected chi connectivity index (χ3v) is 4.43. The number of rotatable bonds is 1. The van der Waals surface area contributed by atoms with E-state index in [2.05, 4.69) is 0 Å². The van der Waals surface area contributed by atoms with E-state index in [1.54, 1.807) is 19.1 Å². The molecule has 0 heterocycles. The molecule has 0 amide bonds. The van der Waals surface area contributed by atoms with Crippen LogP contribution in [0, 0.1) is 12.7 Å². The summed E-state index contributed by atoms with van der Waals surface area (Å²) in [5.74, 6) is -0.327.